The van der Waals surface area contributed by atoms with Crippen LogP contribution in [0.5, 0.6) is 0 Å². The number of aliphatic hydroxyl groups is 1. The highest BCUT2D eigenvalue weighted by atomic mass is 32.1. The summed E-state index contributed by atoms with van der Waals surface area (Å²) in [6, 6.07) is 6.10. The Labute approximate surface area is 84.9 Å². The van der Waals surface area contributed by atoms with Crippen molar-refractivity contribution in [2.24, 2.45) is 0 Å². The van der Waals surface area contributed by atoms with Crippen LogP contribution in [-0.4, -0.2) is 16.7 Å². The zero-order valence-electron chi connectivity index (χ0n) is 6.91. The van der Waals surface area contributed by atoms with Crippen LogP contribution in [-0.2, 0) is 6.42 Å². The number of fused-ring (bicyclic) bond motifs is 1. The number of aromatic nitrogens is 1. The lowest BCUT2D eigenvalue weighted by atomic mass is 10.1. The summed E-state index contributed by atoms with van der Waals surface area (Å²) in [4.78, 5) is 3.11. The van der Waals surface area contributed by atoms with E-state index >= 15 is 0 Å². The number of aromatic amines is 1. The molecule has 0 saturated heterocycles. The average Bonchev–Trinajstić information content (AvgIpc) is 2.44. The van der Waals surface area contributed by atoms with Gasteiger partial charge in [-0.2, -0.15) is 0 Å². The second-order valence-corrected chi connectivity index (χ2v) is 4.54. The number of nitrogens with one attached hydrogen (secondary N) is 1. The molecule has 0 radical (unpaired) electrons. The topological polar surface area (TPSA) is 36.0 Å². The van der Waals surface area contributed by atoms with Crippen molar-refractivity contribution in [1.82, 2.24) is 4.98 Å². The molecule has 68 valence electrons. The van der Waals surface area contributed by atoms with Gasteiger partial charge in [0.1, 0.15) is 0 Å². The molecule has 0 saturated carbocycles. The van der Waals surface area contributed by atoms with E-state index in [2.05, 4.69) is 4.98 Å². The lowest BCUT2D eigenvalue weighted by Gasteiger charge is -1.96. The molecule has 2 nitrogen and oxygen atoms in total. The van der Waals surface area contributed by atoms with E-state index < -0.39 is 0 Å². The van der Waals surface area contributed by atoms with E-state index in [1.54, 1.807) is 11.3 Å². The van der Waals surface area contributed by atoms with Crippen LogP contribution in [0.1, 0.15) is 5.56 Å². The Morgan fingerprint density at radius 3 is 3.08 bits per heavy atom. The van der Waals surface area contributed by atoms with Gasteiger partial charge in [0.05, 0.1) is 10.2 Å². The van der Waals surface area contributed by atoms with E-state index in [-0.39, 0.29) is 6.61 Å². The maximum Gasteiger partial charge on any atom is 0.159 e. The molecule has 0 aliphatic rings. The van der Waals surface area contributed by atoms with Crippen LogP contribution in [0.15, 0.2) is 18.2 Å². The Hall–Kier alpha value is -0.710. The summed E-state index contributed by atoms with van der Waals surface area (Å²) < 4.78 is 1.97. The maximum atomic E-state index is 8.77. The molecule has 2 N–H and O–H groups in total. The molecule has 0 unspecified atom stereocenters. The van der Waals surface area contributed by atoms with E-state index in [0.29, 0.717) is 6.42 Å². The fourth-order valence-electron chi connectivity index (χ4n) is 1.28. The summed E-state index contributed by atoms with van der Waals surface area (Å²) in [5, 5.41) is 8.77. The lowest BCUT2D eigenvalue weighted by molar-refractivity contribution is 0.299. The number of thiazole rings is 1. The maximum absolute atomic E-state index is 8.77. The van der Waals surface area contributed by atoms with Crippen molar-refractivity contribution < 1.29 is 5.11 Å². The SMILES string of the molecule is OCCc1ccc2sc(=S)[nH]c2c1. The Bertz CT molecular complexity index is 472. The van der Waals surface area contributed by atoms with Crippen LogP contribution in [0.3, 0.4) is 0 Å². The molecule has 2 aromatic rings. The molecular weight excluding hydrogens is 202 g/mol. The van der Waals surface area contributed by atoms with E-state index in [9.17, 15) is 0 Å². The van der Waals surface area contributed by atoms with Crippen molar-refractivity contribution in [3.63, 3.8) is 0 Å². The largest absolute Gasteiger partial charge is 0.396 e. The van der Waals surface area contributed by atoms with Crippen LogP contribution < -0.4 is 0 Å². The van der Waals surface area contributed by atoms with E-state index in [1.165, 1.54) is 4.70 Å². The number of H-pyrrole nitrogens is 1. The van der Waals surface area contributed by atoms with Crippen molar-refractivity contribution in [3.8, 4) is 0 Å². The smallest absolute Gasteiger partial charge is 0.159 e. The molecular formula is C9H9NOS2. The van der Waals surface area contributed by atoms with E-state index in [4.69, 9.17) is 17.3 Å². The first-order valence-corrected chi connectivity index (χ1v) is 5.24. The molecule has 1 aromatic carbocycles. The molecule has 0 amide bonds. The number of rotatable bonds is 2. The van der Waals surface area contributed by atoms with Crippen molar-refractivity contribution in [2.75, 3.05) is 6.61 Å². The molecule has 4 heteroatoms. The first kappa shape index (κ1) is 8.87. The standard InChI is InChI=1S/C9H9NOS2/c11-4-3-6-1-2-8-7(5-6)10-9(12)13-8/h1-2,5,11H,3-4H2,(H,10,12). The third kappa shape index (κ3) is 1.80. The van der Waals surface area contributed by atoms with Crippen molar-refractivity contribution >= 4 is 33.8 Å². The van der Waals surface area contributed by atoms with Gasteiger partial charge in [-0.1, -0.05) is 6.07 Å². The summed E-state index contributed by atoms with van der Waals surface area (Å²) in [5.41, 5.74) is 2.21. The first-order chi connectivity index (χ1) is 6.29. The second-order valence-electron chi connectivity index (χ2n) is 2.82. The fraction of sp³-hybridized carbons (Fsp3) is 0.222. The highest BCUT2D eigenvalue weighted by Gasteiger charge is 1.98. The number of hydrogen-bond acceptors (Lipinski definition) is 3. The normalized spacial score (nSPS) is 10.8. The summed E-state index contributed by atoms with van der Waals surface area (Å²) >= 11 is 6.61. The molecule has 0 aliphatic heterocycles. The van der Waals surface area contributed by atoms with Gasteiger partial charge >= 0.3 is 0 Å². The van der Waals surface area contributed by atoms with Gasteiger partial charge in [-0.3, -0.25) is 0 Å². The third-order valence-electron chi connectivity index (χ3n) is 1.88. The van der Waals surface area contributed by atoms with Crippen molar-refractivity contribution in [2.45, 2.75) is 6.42 Å². The first-order valence-electron chi connectivity index (χ1n) is 4.02. The minimum atomic E-state index is 0.191. The van der Waals surface area contributed by atoms with Crippen LogP contribution in [0, 0.1) is 3.95 Å². The molecule has 0 bridgehead atoms. The average molecular weight is 211 g/mol. The van der Waals surface area contributed by atoms with Crippen LogP contribution in [0.25, 0.3) is 10.2 Å². The Balaban J connectivity index is 2.54. The fourth-order valence-corrected chi connectivity index (χ4v) is 2.38. The quantitative estimate of drug-likeness (QED) is 0.749. The predicted octanol–water partition coefficient (Wildman–Crippen LogP) is 2.49. The molecule has 0 spiro atoms. The molecule has 2 rings (SSSR count). The summed E-state index contributed by atoms with van der Waals surface area (Å²) in [5.74, 6) is 0. The van der Waals surface area contributed by atoms with Gasteiger partial charge in [0.15, 0.2) is 3.95 Å². The summed E-state index contributed by atoms with van der Waals surface area (Å²) in [6.45, 7) is 0.191. The van der Waals surface area contributed by atoms with Crippen LogP contribution in [0.2, 0.25) is 0 Å². The molecule has 1 heterocycles. The molecule has 1 aromatic heterocycles. The molecule has 0 atom stereocenters. The van der Waals surface area contributed by atoms with Gasteiger partial charge in [-0.25, -0.2) is 0 Å². The van der Waals surface area contributed by atoms with Gasteiger partial charge in [0.2, 0.25) is 0 Å². The van der Waals surface area contributed by atoms with Crippen molar-refractivity contribution in [1.29, 1.82) is 0 Å². The van der Waals surface area contributed by atoms with Crippen molar-refractivity contribution in [3.05, 3.63) is 27.7 Å². The highest BCUT2D eigenvalue weighted by molar-refractivity contribution is 7.73. The zero-order valence-corrected chi connectivity index (χ0v) is 8.54. The minimum Gasteiger partial charge on any atom is -0.396 e. The second kappa shape index (κ2) is 3.57. The van der Waals surface area contributed by atoms with Gasteiger partial charge in [-0.15, -0.1) is 11.3 Å². The van der Waals surface area contributed by atoms with Gasteiger partial charge in [0, 0.05) is 6.61 Å². The number of aliphatic hydroxyl groups excluding tert-OH is 1. The monoisotopic (exact) mass is 211 g/mol. The Kier molecular flexibility index (Phi) is 2.44. The lowest BCUT2D eigenvalue weighted by Crippen LogP contribution is -1.89. The van der Waals surface area contributed by atoms with E-state index in [1.807, 2.05) is 18.2 Å². The number of benzene rings is 1. The zero-order chi connectivity index (χ0) is 9.26. The van der Waals surface area contributed by atoms with Gasteiger partial charge in [-0.05, 0) is 36.3 Å². The predicted molar refractivity (Wildman–Crippen MR) is 57.8 cm³/mol. The highest BCUT2D eigenvalue weighted by Crippen LogP contribution is 2.20. The van der Waals surface area contributed by atoms with Gasteiger partial charge in [0.25, 0.3) is 0 Å². The molecule has 0 fully saturated rings. The summed E-state index contributed by atoms with van der Waals surface area (Å²) in [7, 11) is 0. The van der Waals surface area contributed by atoms with Crippen LogP contribution >= 0.6 is 23.6 Å². The number of hydrogen-bond donors (Lipinski definition) is 2. The van der Waals surface area contributed by atoms with E-state index in [0.717, 1.165) is 15.0 Å². The van der Waals surface area contributed by atoms with Gasteiger partial charge < -0.3 is 10.1 Å². The Morgan fingerprint density at radius 1 is 1.46 bits per heavy atom. The minimum absolute atomic E-state index is 0.191. The van der Waals surface area contributed by atoms with Crippen LogP contribution in [0.4, 0.5) is 0 Å². The molecule has 13 heavy (non-hydrogen) atoms. The molecule has 0 aliphatic carbocycles. The third-order valence-corrected chi connectivity index (χ3v) is 3.10. The Morgan fingerprint density at radius 2 is 2.31 bits per heavy atom. The summed E-state index contributed by atoms with van der Waals surface area (Å²) in [6.07, 6.45) is 0.701.